The van der Waals surface area contributed by atoms with Crippen molar-refractivity contribution in [1.29, 1.82) is 0 Å². The van der Waals surface area contributed by atoms with Crippen molar-refractivity contribution in [3.05, 3.63) is 71.5 Å². The van der Waals surface area contributed by atoms with Gasteiger partial charge in [-0.3, -0.25) is 9.78 Å². The minimum atomic E-state index is -4.47. The van der Waals surface area contributed by atoms with Crippen LogP contribution in [0, 0.1) is 6.92 Å². The molecular weight excluding hydrogens is 437 g/mol. The third-order valence-corrected chi connectivity index (χ3v) is 4.65. The van der Waals surface area contributed by atoms with Crippen LogP contribution >= 0.6 is 0 Å². The van der Waals surface area contributed by atoms with E-state index < -0.39 is 11.7 Å². The largest absolute Gasteiger partial charge is 0.457 e. The fourth-order valence-corrected chi connectivity index (χ4v) is 3.03. The zero-order valence-electron chi connectivity index (χ0n) is 17.4. The molecule has 0 saturated heterocycles. The lowest BCUT2D eigenvalue weighted by molar-refractivity contribution is -0.138. The highest BCUT2D eigenvalue weighted by molar-refractivity contribution is 5.92. The summed E-state index contributed by atoms with van der Waals surface area (Å²) in [6, 6.07) is 11.9. The Morgan fingerprint density at radius 1 is 0.970 bits per heavy atom. The van der Waals surface area contributed by atoms with Crippen LogP contribution in [-0.4, -0.2) is 33.1 Å². The Kier molecular flexibility index (Phi) is 5.78. The molecule has 0 radical (unpaired) electrons. The van der Waals surface area contributed by atoms with Crippen LogP contribution < -0.4 is 15.4 Å². The summed E-state index contributed by atoms with van der Waals surface area (Å²) < 4.78 is 45.3. The standard InChI is InChI=1S/C22H17F3N6O2/c1-12-3-4-13(9-16(12)22(23,24)25)28-21-29-18-10-14(5-6-17(18)30-31-21)33-15-7-8-27-19(11-15)20(32)26-2/h3-11H,1-2H3,(H,26,32)(H,28,29,31). The van der Waals surface area contributed by atoms with Gasteiger partial charge in [0.25, 0.3) is 5.91 Å². The van der Waals surface area contributed by atoms with Crippen LogP contribution in [0.4, 0.5) is 24.8 Å². The van der Waals surface area contributed by atoms with Crippen molar-refractivity contribution in [2.24, 2.45) is 0 Å². The molecule has 1 amide bonds. The molecule has 0 aliphatic heterocycles. The maximum atomic E-state index is 13.2. The zero-order chi connectivity index (χ0) is 23.6. The highest BCUT2D eigenvalue weighted by atomic mass is 19.4. The number of hydrogen-bond acceptors (Lipinski definition) is 7. The number of benzene rings is 2. The second-order valence-corrected chi connectivity index (χ2v) is 7.00. The number of halogens is 3. The van der Waals surface area contributed by atoms with Crippen LogP contribution in [0.2, 0.25) is 0 Å². The van der Waals surface area contributed by atoms with E-state index in [9.17, 15) is 18.0 Å². The molecule has 2 heterocycles. The topological polar surface area (TPSA) is 102 Å². The first kappa shape index (κ1) is 21.9. The molecule has 0 aliphatic carbocycles. The number of amides is 1. The van der Waals surface area contributed by atoms with Crippen LogP contribution in [0.3, 0.4) is 0 Å². The summed E-state index contributed by atoms with van der Waals surface area (Å²) in [6.07, 6.45) is -3.02. The summed E-state index contributed by atoms with van der Waals surface area (Å²) in [6.45, 7) is 1.39. The monoisotopic (exact) mass is 454 g/mol. The normalized spacial score (nSPS) is 11.3. The van der Waals surface area contributed by atoms with Gasteiger partial charge < -0.3 is 15.4 Å². The minimum Gasteiger partial charge on any atom is -0.457 e. The number of aryl methyl sites for hydroxylation is 1. The summed E-state index contributed by atoms with van der Waals surface area (Å²) in [5, 5.41) is 13.2. The van der Waals surface area contributed by atoms with Gasteiger partial charge in [-0.25, -0.2) is 4.98 Å². The number of rotatable bonds is 5. The van der Waals surface area contributed by atoms with Gasteiger partial charge in [0, 0.05) is 31.1 Å². The molecule has 0 aliphatic rings. The average Bonchev–Trinajstić information content (AvgIpc) is 2.79. The van der Waals surface area contributed by atoms with E-state index in [-0.39, 0.29) is 28.8 Å². The summed E-state index contributed by atoms with van der Waals surface area (Å²) >= 11 is 0. The highest BCUT2D eigenvalue weighted by Gasteiger charge is 2.32. The lowest BCUT2D eigenvalue weighted by Gasteiger charge is -2.12. The fourth-order valence-electron chi connectivity index (χ4n) is 3.03. The van der Waals surface area contributed by atoms with Crippen LogP contribution in [0.25, 0.3) is 11.0 Å². The molecule has 0 atom stereocenters. The van der Waals surface area contributed by atoms with Gasteiger partial charge in [0.05, 0.1) is 11.1 Å². The Balaban J connectivity index is 1.59. The number of pyridine rings is 1. The maximum absolute atomic E-state index is 13.2. The summed E-state index contributed by atoms with van der Waals surface area (Å²) in [4.78, 5) is 20.1. The molecule has 0 bridgehead atoms. The molecule has 4 aromatic rings. The molecule has 0 spiro atoms. The molecule has 2 aromatic carbocycles. The summed E-state index contributed by atoms with van der Waals surface area (Å²) in [5.74, 6) is 0.485. The number of fused-ring (bicyclic) bond motifs is 1. The quantitative estimate of drug-likeness (QED) is 0.453. The third kappa shape index (κ3) is 4.97. The van der Waals surface area contributed by atoms with Gasteiger partial charge in [-0.2, -0.15) is 13.2 Å². The Morgan fingerprint density at radius 3 is 2.52 bits per heavy atom. The van der Waals surface area contributed by atoms with E-state index in [2.05, 4.69) is 30.8 Å². The summed E-state index contributed by atoms with van der Waals surface area (Å²) in [5.41, 5.74) is 0.624. The molecule has 0 unspecified atom stereocenters. The van der Waals surface area contributed by atoms with Crippen molar-refractivity contribution in [2.75, 3.05) is 12.4 Å². The second kappa shape index (κ2) is 8.69. The van der Waals surface area contributed by atoms with Crippen molar-refractivity contribution in [3.8, 4) is 11.5 Å². The smallest absolute Gasteiger partial charge is 0.416 e. The zero-order valence-corrected chi connectivity index (χ0v) is 17.4. The molecule has 168 valence electrons. The Labute approximate surface area is 185 Å². The molecule has 0 saturated carbocycles. The number of hydrogen-bond donors (Lipinski definition) is 2. The molecule has 11 heteroatoms. The first-order valence-electron chi connectivity index (χ1n) is 9.68. The van der Waals surface area contributed by atoms with E-state index in [1.54, 1.807) is 24.3 Å². The highest BCUT2D eigenvalue weighted by Crippen LogP contribution is 2.34. The molecule has 8 nitrogen and oxygen atoms in total. The molecule has 2 aromatic heterocycles. The number of aromatic nitrogens is 4. The molecule has 33 heavy (non-hydrogen) atoms. The average molecular weight is 454 g/mol. The Hall–Kier alpha value is -4.28. The molecule has 2 N–H and O–H groups in total. The number of anilines is 2. The van der Waals surface area contributed by atoms with Gasteiger partial charge in [0.1, 0.15) is 22.7 Å². The van der Waals surface area contributed by atoms with E-state index in [0.29, 0.717) is 22.5 Å². The van der Waals surface area contributed by atoms with Crippen molar-refractivity contribution < 1.29 is 22.7 Å². The minimum absolute atomic E-state index is 0.0300. The number of ether oxygens (including phenoxy) is 1. The van der Waals surface area contributed by atoms with Gasteiger partial charge >= 0.3 is 6.18 Å². The predicted octanol–water partition coefficient (Wildman–Crippen LogP) is 4.64. The SMILES string of the molecule is CNC(=O)c1cc(Oc2ccc3nnc(Nc4ccc(C)c(C(F)(F)F)c4)nc3c2)ccn1. The molecule has 0 fully saturated rings. The number of carbonyl (C=O) groups is 1. The Morgan fingerprint density at radius 2 is 1.76 bits per heavy atom. The van der Waals surface area contributed by atoms with Gasteiger partial charge in [-0.15, -0.1) is 10.2 Å². The van der Waals surface area contributed by atoms with Crippen molar-refractivity contribution in [1.82, 2.24) is 25.5 Å². The number of nitrogens with one attached hydrogen (secondary N) is 2. The fraction of sp³-hybridized carbons (Fsp3) is 0.136. The summed E-state index contributed by atoms with van der Waals surface area (Å²) in [7, 11) is 1.50. The number of carbonyl (C=O) groups excluding carboxylic acids is 1. The Bertz CT molecular complexity index is 1340. The van der Waals surface area contributed by atoms with E-state index in [1.165, 1.54) is 38.4 Å². The number of nitrogens with zero attached hydrogens (tertiary/aromatic N) is 4. The first-order chi connectivity index (χ1) is 15.7. The van der Waals surface area contributed by atoms with E-state index in [4.69, 9.17) is 4.74 Å². The van der Waals surface area contributed by atoms with Crippen molar-refractivity contribution >= 4 is 28.6 Å². The first-order valence-corrected chi connectivity index (χ1v) is 9.68. The van der Waals surface area contributed by atoms with Crippen LogP contribution in [0.15, 0.2) is 54.7 Å². The van der Waals surface area contributed by atoms with E-state index in [1.807, 2.05) is 0 Å². The van der Waals surface area contributed by atoms with Gasteiger partial charge in [-0.05, 0) is 42.8 Å². The number of alkyl halides is 3. The van der Waals surface area contributed by atoms with Crippen molar-refractivity contribution in [2.45, 2.75) is 13.1 Å². The van der Waals surface area contributed by atoms with Crippen molar-refractivity contribution in [3.63, 3.8) is 0 Å². The predicted molar refractivity (Wildman–Crippen MR) is 114 cm³/mol. The van der Waals surface area contributed by atoms with Gasteiger partial charge in [0.15, 0.2) is 0 Å². The second-order valence-electron chi connectivity index (χ2n) is 7.00. The maximum Gasteiger partial charge on any atom is 0.416 e. The van der Waals surface area contributed by atoms with Gasteiger partial charge in [0.2, 0.25) is 5.95 Å². The van der Waals surface area contributed by atoms with Crippen LogP contribution in [-0.2, 0) is 6.18 Å². The van der Waals surface area contributed by atoms with Gasteiger partial charge in [-0.1, -0.05) is 6.07 Å². The van der Waals surface area contributed by atoms with Crippen LogP contribution in [0.1, 0.15) is 21.6 Å². The lowest BCUT2D eigenvalue weighted by Crippen LogP contribution is -2.18. The molecular formula is C22H17F3N6O2. The third-order valence-electron chi connectivity index (χ3n) is 4.65. The van der Waals surface area contributed by atoms with E-state index >= 15 is 0 Å². The lowest BCUT2D eigenvalue weighted by atomic mass is 10.1. The van der Waals surface area contributed by atoms with Crippen LogP contribution in [0.5, 0.6) is 11.5 Å². The van der Waals surface area contributed by atoms with E-state index in [0.717, 1.165) is 6.07 Å². The molecule has 4 rings (SSSR count).